The van der Waals surface area contributed by atoms with Crippen molar-refractivity contribution in [2.24, 2.45) is 0 Å². The molecule has 2 heterocycles. The van der Waals surface area contributed by atoms with Crippen LogP contribution < -0.4 is 10.6 Å². The molecule has 0 atom stereocenters. The predicted octanol–water partition coefficient (Wildman–Crippen LogP) is 3.57. The van der Waals surface area contributed by atoms with E-state index in [1.165, 1.54) is 16.9 Å². The lowest BCUT2D eigenvalue weighted by Crippen LogP contribution is -2.37. The highest BCUT2D eigenvalue weighted by Crippen LogP contribution is 2.26. The molecule has 0 aliphatic carbocycles. The van der Waals surface area contributed by atoms with E-state index in [0.717, 1.165) is 28.2 Å². The number of fused-ring (bicyclic) bond motifs is 1. The first kappa shape index (κ1) is 19.8. The number of thiazole rings is 1. The molecule has 2 N–H and O–H groups in total. The zero-order valence-electron chi connectivity index (χ0n) is 16.4. The van der Waals surface area contributed by atoms with Crippen molar-refractivity contribution >= 4 is 33.4 Å². The smallest absolute Gasteiger partial charge is 0.251 e. The summed E-state index contributed by atoms with van der Waals surface area (Å²) in [6.07, 6.45) is 5.64. The molecule has 2 aromatic heterocycles. The molecule has 6 nitrogen and oxygen atoms in total. The van der Waals surface area contributed by atoms with Crippen LogP contribution in [0.4, 0.5) is 0 Å². The molecule has 2 amide bonds. The van der Waals surface area contributed by atoms with Crippen molar-refractivity contribution in [3.05, 3.63) is 84.2 Å². The summed E-state index contributed by atoms with van der Waals surface area (Å²) in [4.78, 5) is 29.0. The Hall–Kier alpha value is -3.45. The van der Waals surface area contributed by atoms with E-state index in [9.17, 15) is 9.59 Å². The normalized spacial score (nSPS) is 10.8. The van der Waals surface area contributed by atoms with Crippen molar-refractivity contribution in [1.29, 1.82) is 0 Å². The van der Waals surface area contributed by atoms with E-state index in [2.05, 4.69) is 27.8 Å². The number of aromatic nitrogens is 2. The summed E-state index contributed by atoms with van der Waals surface area (Å²) < 4.78 is 2.86. The Kier molecular flexibility index (Phi) is 6.20. The van der Waals surface area contributed by atoms with Gasteiger partial charge in [-0.25, -0.2) is 4.98 Å². The maximum absolute atomic E-state index is 12.4. The lowest BCUT2D eigenvalue weighted by atomic mass is 10.1. The van der Waals surface area contributed by atoms with Crippen molar-refractivity contribution in [2.45, 2.75) is 12.8 Å². The average molecular weight is 419 g/mol. The summed E-state index contributed by atoms with van der Waals surface area (Å²) in [5.41, 5.74) is 2.61. The highest BCUT2D eigenvalue weighted by atomic mass is 32.1. The fourth-order valence-electron chi connectivity index (χ4n) is 3.12. The van der Waals surface area contributed by atoms with Crippen LogP contribution in [0, 0.1) is 0 Å². The molecule has 152 valence electrons. The van der Waals surface area contributed by atoms with Gasteiger partial charge < -0.3 is 15.2 Å². The fraction of sp³-hybridized carbons (Fsp3) is 0.174. The van der Waals surface area contributed by atoms with Crippen molar-refractivity contribution in [3.8, 4) is 5.13 Å². The van der Waals surface area contributed by atoms with Crippen LogP contribution in [0.15, 0.2) is 73.1 Å². The zero-order chi connectivity index (χ0) is 20.8. The van der Waals surface area contributed by atoms with Gasteiger partial charge in [0.25, 0.3) is 5.91 Å². The first-order valence-electron chi connectivity index (χ1n) is 9.82. The number of benzene rings is 2. The van der Waals surface area contributed by atoms with Gasteiger partial charge in [-0.15, -0.1) is 0 Å². The molecule has 0 saturated carbocycles. The van der Waals surface area contributed by atoms with Crippen molar-refractivity contribution in [2.75, 3.05) is 13.1 Å². The molecule has 0 bridgehead atoms. The topological polar surface area (TPSA) is 76.0 Å². The summed E-state index contributed by atoms with van der Waals surface area (Å²) >= 11 is 1.52. The predicted molar refractivity (Wildman–Crippen MR) is 119 cm³/mol. The number of nitrogens with zero attached hydrogens (tertiary/aromatic N) is 2. The number of hydrogen-bond acceptors (Lipinski definition) is 4. The van der Waals surface area contributed by atoms with Gasteiger partial charge in [0.05, 0.1) is 16.8 Å². The third kappa shape index (κ3) is 4.93. The van der Waals surface area contributed by atoms with Crippen LogP contribution in [0.5, 0.6) is 0 Å². The van der Waals surface area contributed by atoms with E-state index in [-0.39, 0.29) is 18.4 Å². The second-order valence-corrected chi connectivity index (χ2v) is 7.90. The molecular weight excluding hydrogens is 396 g/mol. The number of hydrogen-bond donors (Lipinski definition) is 2. The Morgan fingerprint density at radius 3 is 2.57 bits per heavy atom. The van der Waals surface area contributed by atoms with Gasteiger partial charge in [-0.2, -0.15) is 0 Å². The van der Waals surface area contributed by atoms with Gasteiger partial charge in [-0.05, 0) is 48.7 Å². The Morgan fingerprint density at radius 1 is 0.967 bits per heavy atom. The van der Waals surface area contributed by atoms with Crippen LogP contribution in [0.25, 0.3) is 15.3 Å². The Labute approximate surface area is 178 Å². The number of amides is 2. The van der Waals surface area contributed by atoms with E-state index in [1.807, 2.05) is 59.4 Å². The number of rotatable bonds is 8. The van der Waals surface area contributed by atoms with Crippen molar-refractivity contribution < 1.29 is 9.59 Å². The van der Waals surface area contributed by atoms with E-state index >= 15 is 0 Å². The quantitative estimate of drug-likeness (QED) is 0.430. The summed E-state index contributed by atoms with van der Waals surface area (Å²) in [5, 5.41) is 6.38. The molecule has 0 fully saturated rings. The largest absolute Gasteiger partial charge is 0.355 e. The van der Waals surface area contributed by atoms with Crippen LogP contribution in [-0.4, -0.2) is 34.5 Å². The van der Waals surface area contributed by atoms with Gasteiger partial charge in [-0.3, -0.25) is 9.59 Å². The summed E-state index contributed by atoms with van der Waals surface area (Å²) in [6, 6.07) is 19.4. The van der Waals surface area contributed by atoms with Crippen molar-refractivity contribution in [3.63, 3.8) is 0 Å². The number of nitrogens with one attached hydrogen (secondary N) is 2. The summed E-state index contributed by atoms with van der Waals surface area (Å²) in [5.74, 6) is -0.461. The molecule has 0 aliphatic rings. The third-order valence-corrected chi connectivity index (χ3v) is 5.71. The van der Waals surface area contributed by atoms with E-state index in [4.69, 9.17) is 0 Å². The SMILES string of the molecule is O=C(CNC(=O)c1ccc2nc(-n3cccc3)sc2c1)NCCCc1ccccc1. The molecule has 7 heteroatoms. The lowest BCUT2D eigenvalue weighted by molar-refractivity contribution is -0.120. The highest BCUT2D eigenvalue weighted by Gasteiger charge is 2.11. The molecule has 0 unspecified atom stereocenters. The van der Waals surface area contributed by atoms with Crippen LogP contribution in [0.2, 0.25) is 0 Å². The molecule has 0 aliphatic heterocycles. The van der Waals surface area contributed by atoms with Gasteiger partial charge in [-0.1, -0.05) is 41.7 Å². The van der Waals surface area contributed by atoms with Crippen LogP contribution in [0.3, 0.4) is 0 Å². The van der Waals surface area contributed by atoms with Gasteiger partial charge in [0.1, 0.15) is 0 Å². The van der Waals surface area contributed by atoms with Crippen LogP contribution >= 0.6 is 11.3 Å². The van der Waals surface area contributed by atoms with Crippen molar-refractivity contribution in [1.82, 2.24) is 20.2 Å². The average Bonchev–Trinajstić information content (AvgIpc) is 3.45. The minimum Gasteiger partial charge on any atom is -0.355 e. The van der Waals surface area contributed by atoms with Gasteiger partial charge in [0.15, 0.2) is 5.13 Å². The minimum atomic E-state index is -0.271. The van der Waals surface area contributed by atoms with E-state index in [1.54, 1.807) is 6.07 Å². The Balaban J connectivity index is 1.26. The van der Waals surface area contributed by atoms with E-state index in [0.29, 0.717) is 12.1 Å². The second-order valence-electron chi connectivity index (χ2n) is 6.89. The molecule has 2 aromatic carbocycles. The van der Waals surface area contributed by atoms with Gasteiger partial charge >= 0.3 is 0 Å². The molecule has 4 aromatic rings. The molecule has 30 heavy (non-hydrogen) atoms. The molecule has 0 spiro atoms. The highest BCUT2D eigenvalue weighted by molar-refractivity contribution is 7.20. The maximum Gasteiger partial charge on any atom is 0.251 e. The number of carbonyl (C=O) groups excluding carboxylic acids is 2. The summed E-state index contributed by atoms with van der Waals surface area (Å²) in [7, 11) is 0. The molecular formula is C23H22N4O2S. The Bertz CT molecular complexity index is 1140. The molecule has 0 saturated heterocycles. The van der Waals surface area contributed by atoms with Gasteiger partial charge in [0.2, 0.25) is 5.91 Å². The maximum atomic E-state index is 12.4. The molecule has 0 radical (unpaired) electrons. The minimum absolute atomic E-state index is 0.0421. The summed E-state index contributed by atoms with van der Waals surface area (Å²) in [6.45, 7) is 0.540. The lowest BCUT2D eigenvalue weighted by Gasteiger charge is -2.07. The van der Waals surface area contributed by atoms with Crippen LogP contribution in [-0.2, 0) is 11.2 Å². The zero-order valence-corrected chi connectivity index (χ0v) is 17.2. The standard InChI is InChI=1S/C23H22N4O2S/c28-21(24-12-6-9-17-7-2-1-3-8-17)16-25-22(29)18-10-11-19-20(15-18)30-23(26-19)27-13-4-5-14-27/h1-5,7-8,10-11,13-15H,6,9,12,16H2,(H,24,28)(H,25,29). The first-order chi connectivity index (χ1) is 14.7. The van der Waals surface area contributed by atoms with Crippen LogP contribution in [0.1, 0.15) is 22.3 Å². The fourth-order valence-corrected chi connectivity index (χ4v) is 4.09. The van der Waals surface area contributed by atoms with Gasteiger partial charge in [0, 0.05) is 24.5 Å². The monoisotopic (exact) mass is 418 g/mol. The number of carbonyl (C=O) groups is 2. The molecule has 4 rings (SSSR count). The third-order valence-electron chi connectivity index (χ3n) is 4.68. The van der Waals surface area contributed by atoms with E-state index < -0.39 is 0 Å². The first-order valence-corrected chi connectivity index (χ1v) is 10.6. The Morgan fingerprint density at radius 2 is 1.77 bits per heavy atom. The number of aryl methyl sites for hydroxylation is 1. The second kappa shape index (κ2) is 9.37.